The van der Waals surface area contributed by atoms with Gasteiger partial charge in [-0.3, -0.25) is 0 Å². The van der Waals surface area contributed by atoms with Crippen LogP contribution in [-0.4, -0.2) is 50.3 Å². The Morgan fingerprint density at radius 3 is 2.60 bits per heavy atom. The van der Waals surface area contributed by atoms with Gasteiger partial charge in [0.25, 0.3) is 0 Å². The lowest BCUT2D eigenvalue weighted by Gasteiger charge is -2.32. The maximum atomic E-state index is 5.64. The number of hydrogen-bond donors (Lipinski definition) is 1. The van der Waals surface area contributed by atoms with Crippen LogP contribution in [0.25, 0.3) is 0 Å². The van der Waals surface area contributed by atoms with Crippen LogP contribution >= 0.6 is 0 Å². The topological polar surface area (TPSA) is 24.5 Å². The van der Waals surface area contributed by atoms with Gasteiger partial charge in [-0.1, -0.05) is 0 Å². The molecule has 1 unspecified atom stereocenters. The van der Waals surface area contributed by atoms with E-state index in [0.717, 1.165) is 6.61 Å². The maximum Gasteiger partial charge on any atom is 0.0599 e. The molecule has 15 heavy (non-hydrogen) atoms. The maximum absolute atomic E-state index is 5.64. The van der Waals surface area contributed by atoms with Crippen molar-refractivity contribution in [2.45, 2.75) is 45.3 Å². The van der Waals surface area contributed by atoms with Crippen LogP contribution in [0.5, 0.6) is 0 Å². The minimum Gasteiger partial charge on any atom is -0.378 e. The third kappa shape index (κ3) is 4.96. The summed E-state index contributed by atoms with van der Waals surface area (Å²) in [5, 5.41) is 3.28. The summed E-state index contributed by atoms with van der Waals surface area (Å²) in [6.45, 7) is 8.83. The highest BCUT2D eigenvalue weighted by Gasteiger charge is 2.18. The number of rotatable bonds is 6. The van der Waals surface area contributed by atoms with Crippen molar-refractivity contribution >= 4 is 0 Å². The van der Waals surface area contributed by atoms with Gasteiger partial charge in [-0.2, -0.15) is 0 Å². The average Bonchev–Trinajstić information content (AvgIpc) is 2.28. The van der Waals surface area contributed by atoms with E-state index in [1.807, 2.05) is 7.05 Å². The Morgan fingerprint density at radius 2 is 2.07 bits per heavy atom. The van der Waals surface area contributed by atoms with Gasteiger partial charge in [0.1, 0.15) is 0 Å². The van der Waals surface area contributed by atoms with Gasteiger partial charge in [0, 0.05) is 25.7 Å². The molecule has 1 rings (SSSR count). The van der Waals surface area contributed by atoms with Crippen LogP contribution in [0.3, 0.4) is 0 Å². The van der Waals surface area contributed by atoms with Crippen LogP contribution < -0.4 is 5.32 Å². The minimum atomic E-state index is 0.521. The van der Waals surface area contributed by atoms with Gasteiger partial charge in [0.05, 0.1) is 6.10 Å². The number of ether oxygens (including phenoxy) is 1. The van der Waals surface area contributed by atoms with E-state index >= 15 is 0 Å². The first-order chi connectivity index (χ1) is 7.26. The molecule has 0 radical (unpaired) electrons. The molecule has 0 aromatic rings. The van der Waals surface area contributed by atoms with E-state index in [1.165, 1.54) is 38.9 Å². The van der Waals surface area contributed by atoms with Crippen LogP contribution in [0.4, 0.5) is 0 Å². The van der Waals surface area contributed by atoms with Crippen LogP contribution in [0, 0.1) is 0 Å². The van der Waals surface area contributed by atoms with E-state index in [0.29, 0.717) is 12.1 Å². The summed E-state index contributed by atoms with van der Waals surface area (Å²) in [6, 6.07) is 0.634. The second-order valence-electron chi connectivity index (χ2n) is 4.47. The van der Waals surface area contributed by atoms with Gasteiger partial charge in [-0.25, -0.2) is 0 Å². The molecule has 1 aliphatic rings. The Labute approximate surface area is 94.2 Å². The molecule has 3 nitrogen and oxygen atoms in total. The SMILES string of the molecule is CCOC1CCN(CCC(C)NC)CC1. The first kappa shape index (κ1) is 12.9. The lowest BCUT2D eigenvalue weighted by Crippen LogP contribution is -2.39. The van der Waals surface area contributed by atoms with Crippen molar-refractivity contribution in [2.75, 3.05) is 33.3 Å². The second kappa shape index (κ2) is 7.20. The van der Waals surface area contributed by atoms with Crippen molar-refractivity contribution in [1.82, 2.24) is 10.2 Å². The summed E-state index contributed by atoms with van der Waals surface area (Å²) in [5.41, 5.74) is 0. The van der Waals surface area contributed by atoms with Gasteiger partial charge in [0.15, 0.2) is 0 Å². The van der Waals surface area contributed by atoms with E-state index in [2.05, 4.69) is 24.1 Å². The summed E-state index contributed by atoms with van der Waals surface area (Å²) in [7, 11) is 2.03. The summed E-state index contributed by atoms with van der Waals surface area (Å²) < 4.78 is 5.64. The molecule has 0 aliphatic carbocycles. The molecular formula is C12H26N2O. The van der Waals surface area contributed by atoms with E-state index in [1.54, 1.807) is 0 Å². The summed E-state index contributed by atoms with van der Waals surface area (Å²) in [4.78, 5) is 2.56. The van der Waals surface area contributed by atoms with Crippen molar-refractivity contribution in [3.63, 3.8) is 0 Å². The standard InChI is InChI=1S/C12H26N2O/c1-4-15-12-6-9-14(10-7-12)8-5-11(2)13-3/h11-13H,4-10H2,1-3H3. The summed E-state index contributed by atoms with van der Waals surface area (Å²) >= 11 is 0. The summed E-state index contributed by atoms with van der Waals surface area (Å²) in [5.74, 6) is 0. The lowest BCUT2D eigenvalue weighted by atomic mass is 10.1. The zero-order chi connectivity index (χ0) is 11.1. The fourth-order valence-corrected chi connectivity index (χ4v) is 2.06. The molecule has 0 saturated carbocycles. The molecule has 1 atom stereocenters. The zero-order valence-corrected chi connectivity index (χ0v) is 10.5. The Balaban J connectivity index is 2.09. The van der Waals surface area contributed by atoms with Crippen LogP contribution in [0.2, 0.25) is 0 Å². The Bertz CT molecular complexity index is 156. The summed E-state index contributed by atoms with van der Waals surface area (Å²) in [6.07, 6.45) is 4.19. The number of likely N-dealkylation sites (tertiary alicyclic amines) is 1. The third-order valence-corrected chi connectivity index (χ3v) is 3.31. The predicted octanol–water partition coefficient (Wildman–Crippen LogP) is 1.49. The van der Waals surface area contributed by atoms with Gasteiger partial charge in [-0.15, -0.1) is 0 Å². The number of nitrogens with one attached hydrogen (secondary N) is 1. The van der Waals surface area contributed by atoms with Crippen molar-refractivity contribution in [2.24, 2.45) is 0 Å². The first-order valence-electron chi connectivity index (χ1n) is 6.27. The van der Waals surface area contributed by atoms with Crippen molar-refractivity contribution in [1.29, 1.82) is 0 Å². The number of nitrogens with zero attached hydrogens (tertiary/aromatic N) is 1. The quantitative estimate of drug-likeness (QED) is 0.725. The molecule has 0 aromatic heterocycles. The highest BCUT2D eigenvalue weighted by molar-refractivity contribution is 4.73. The van der Waals surface area contributed by atoms with Gasteiger partial charge >= 0.3 is 0 Å². The fraction of sp³-hybridized carbons (Fsp3) is 1.00. The van der Waals surface area contributed by atoms with Crippen LogP contribution in [-0.2, 0) is 4.74 Å². The highest BCUT2D eigenvalue weighted by Crippen LogP contribution is 2.13. The van der Waals surface area contributed by atoms with Gasteiger partial charge in [0.2, 0.25) is 0 Å². The molecule has 0 aromatic carbocycles. The van der Waals surface area contributed by atoms with Gasteiger partial charge in [-0.05, 0) is 46.7 Å². The molecule has 1 N–H and O–H groups in total. The van der Waals surface area contributed by atoms with E-state index in [9.17, 15) is 0 Å². The molecule has 1 heterocycles. The Morgan fingerprint density at radius 1 is 1.40 bits per heavy atom. The van der Waals surface area contributed by atoms with Crippen molar-refractivity contribution < 1.29 is 4.74 Å². The molecule has 1 fully saturated rings. The van der Waals surface area contributed by atoms with E-state index in [-0.39, 0.29) is 0 Å². The Hall–Kier alpha value is -0.120. The Kier molecular flexibility index (Phi) is 6.22. The second-order valence-corrected chi connectivity index (χ2v) is 4.47. The lowest BCUT2D eigenvalue weighted by molar-refractivity contribution is 0.0137. The van der Waals surface area contributed by atoms with E-state index < -0.39 is 0 Å². The fourth-order valence-electron chi connectivity index (χ4n) is 2.06. The largest absolute Gasteiger partial charge is 0.378 e. The zero-order valence-electron chi connectivity index (χ0n) is 10.5. The molecular weight excluding hydrogens is 188 g/mol. The normalized spacial score (nSPS) is 21.8. The molecule has 0 amide bonds. The first-order valence-corrected chi connectivity index (χ1v) is 6.27. The van der Waals surface area contributed by atoms with E-state index in [4.69, 9.17) is 4.74 Å². The monoisotopic (exact) mass is 214 g/mol. The molecule has 0 spiro atoms. The highest BCUT2D eigenvalue weighted by atomic mass is 16.5. The molecule has 1 aliphatic heterocycles. The molecule has 1 saturated heterocycles. The third-order valence-electron chi connectivity index (χ3n) is 3.31. The number of hydrogen-bond acceptors (Lipinski definition) is 3. The smallest absolute Gasteiger partial charge is 0.0599 e. The van der Waals surface area contributed by atoms with Crippen LogP contribution in [0.1, 0.15) is 33.1 Å². The molecule has 0 bridgehead atoms. The average molecular weight is 214 g/mol. The predicted molar refractivity (Wildman–Crippen MR) is 64.2 cm³/mol. The van der Waals surface area contributed by atoms with Crippen molar-refractivity contribution in [3.8, 4) is 0 Å². The van der Waals surface area contributed by atoms with Crippen molar-refractivity contribution in [3.05, 3.63) is 0 Å². The number of piperidine rings is 1. The van der Waals surface area contributed by atoms with Gasteiger partial charge < -0.3 is 15.0 Å². The van der Waals surface area contributed by atoms with Crippen LogP contribution in [0.15, 0.2) is 0 Å². The molecule has 90 valence electrons. The molecule has 3 heteroatoms. The minimum absolute atomic E-state index is 0.521.